The van der Waals surface area contributed by atoms with Gasteiger partial charge in [0.25, 0.3) is 0 Å². The van der Waals surface area contributed by atoms with E-state index < -0.39 is 0 Å². The molecule has 2 radical (unpaired) electrons. The molecule has 0 N–H and O–H groups in total. The van der Waals surface area contributed by atoms with Gasteiger partial charge in [0.15, 0.2) is 11.6 Å². The summed E-state index contributed by atoms with van der Waals surface area (Å²) in [6.45, 7) is 0. The molecule has 0 aromatic heterocycles. The molecule has 1 aliphatic carbocycles. The number of hydrogen-bond acceptors (Lipinski definition) is 2. The molecule has 0 aliphatic heterocycles. The molecule has 1 aromatic rings. The van der Waals surface area contributed by atoms with Gasteiger partial charge in [0.05, 0.1) is 0 Å². The van der Waals surface area contributed by atoms with Gasteiger partial charge in [0, 0.05) is 11.1 Å². The number of hydrogen-bond donors (Lipinski definition) is 0. The third-order valence-electron chi connectivity index (χ3n) is 1.67. The van der Waals surface area contributed by atoms with Gasteiger partial charge in [0.1, 0.15) is 0 Å². The summed E-state index contributed by atoms with van der Waals surface area (Å²) >= 11 is 0. The first-order chi connectivity index (χ1) is 5.79. The fourth-order valence-electron chi connectivity index (χ4n) is 1.10. The van der Waals surface area contributed by atoms with Crippen molar-refractivity contribution in [1.29, 1.82) is 0 Å². The van der Waals surface area contributed by atoms with E-state index in [9.17, 15) is 9.59 Å². The van der Waals surface area contributed by atoms with E-state index in [1.54, 1.807) is 12.1 Å². The topological polar surface area (TPSA) is 34.1 Å². The quantitative estimate of drug-likeness (QED) is 0.566. The van der Waals surface area contributed by atoms with E-state index in [0.29, 0.717) is 11.1 Å². The first-order valence-electron chi connectivity index (χ1n) is 3.48. The van der Waals surface area contributed by atoms with E-state index in [1.807, 2.05) is 0 Å². The van der Waals surface area contributed by atoms with Crippen LogP contribution in [0, 0.1) is 12.1 Å². The summed E-state index contributed by atoms with van der Waals surface area (Å²) in [5.74, 6) is -0.358. The van der Waals surface area contributed by atoms with Gasteiger partial charge in [-0.3, -0.25) is 9.59 Å². The molecule has 0 saturated heterocycles. The van der Waals surface area contributed by atoms with Crippen LogP contribution in [-0.2, 0) is 0 Å². The first-order valence-corrected chi connectivity index (χ1v) is 3.48. The third-order valence-corrected chi connectivity index (χ3v) is 1.67. The molecule has 0 saturated carbocycles. The van der Waals surface area contributed by atoms with Crippen molar-refractivity contribution >= 4 is 11.6 Å². The average Bonchev–Trinajstić information content (AvgIpc) is 2.12. The molecule has 2 heteroatoms. The highest BCUT2D eigenvalue weighted by atomic mass is 16.1. The maximum absolute atomic E-state index is 11.1. The summed E-state index contributed by atoms with van der Waals surface area (Å²) in [7, 11) is 0. The number of carbonyl (C=O) groups is 2. The Hall–Kier alpha value is -1.70. The average molecular weight is 156 g/mol. The lowest BCUT2D eigenvalue weighted by Gasteiger charge is -2.05. The predicted molar refractivity (Wildman–Crippen MR) is 41.9 cm³/mol. The van der Waals surface area contributed by atoms with Crippen molar-refractivity contribution in [2.75, 3.05) is 0 Å². The van der Waals surface area contributed by atoms with Crippen LogP contribution < -0.4 is 0 Å². The molecular weight excluding hydrogens is 152 g/mol. The van der Waals surface area contributed by atoms with E-state index in [4.69, 9.17) is 0 Å². The number of rotatable bonds is 0. The fourth-order valence-corrected chi connectivity index (χ4v) is 1.10. The van der Waals surface area contributed by atoms with Crippen LogP contribution in [-0.4, -0.2) is 11.6 Å². The van der Waals surface area contributed by atoms with Crippen molar-refractivity contribution in [2.24, 2.45) is 0 Å². The van der Waals surface area contributed by atoms with Crippen LogP contribution in [0.2, 0.25) is 0 Å². The Balaban J connectivity index is 2.69. The maximum Gasteiger partial charge on any atom is 0.187 e. The van der Waals surface area contributed by atoms with E-state index >= 15 is 0 Å². The van der Waals surface area contributed by atoms with E-state index in [2.05, 4.69) is 12.1 Å². The van der Waals surface area contributed by atoms with Crippen molar-refractivity contribution in [2.45, 2.75) is 0 Å². The number of fused-ring (bicyclic) bond motifs is 1. The highest BCUT2D eigenvalue weighted by molar-refractivity contribution is 6.21. The van der Waals surface area contributed by atoms with Gasteiger partial charge in [-0.2, -0.15) is 0 Å². The van der Waals surface area contributed by atoms with Crippen molar-refractivity contribution in [3.05, 3.63) is 47.5 Å². The lowest BCUT2D eigenvalue weighted by atomic mass is 9.95. The molecule has 0 unspecified atom stereocenters. The molecule has 56 valence electrons. The maximum atomic E-state index is 11.1. The monoisotopic (exact) mass is 156 g/mol. The molecular formula is C10H4O2. The van der Waals surface area contributed by atoms with Crippen LogP contribution in [0.25, 0.3) is 0 Å². The van der Waals surface area contributed by atoms with Crippen LogP contribution in [0.15, 0.2) is 24.3 Å². The third kappa shape index (κ3) is 0.889. The normalized spacial score (nSPS) is 14.7. The second kappa shape index (κ2) is 2.41. The molecule has 2 rings (SSSR count). The second-order valence-corrected chi connectivity index (χ2v) is 2.43. The zero-order valence-electron chi connectivity index (χ0n) is 6.13. The predicted octanol–water partition coefficient (Wildman–Crippen LogP) is 1.22. The van der Waals surface area contributed by atoms with Crippen LogP contribution in [0.5, 0.6) is 0 Å². The van der Waals surface area contributed by atoms with Gasteiger partial charge in [-0.15, -0.1) is 0 Å². The van der Waals surface area contributed by atoms with Crippen LogP contribution in [0.1, 0.15) is 20.7 Å². The number of carbonyl (C=O) groups excluding carboxylic acids is 2. The van der Waals surface area contributed by atoms with Crippen LogP contribution >= 0.6 is 0 Å². The second-order valence-electron chi connectivity index (χ2n) is 2.43. The zero-order valence-corrected chi connectivity index (χ0v) is 6.13. The van der Waals surface area contributed by atoms with Crippen molar-refractivity contribution < 1.29 is 9.59 Å². The van der Waals surface area contributed by atoms with E-state index in [1.165, 1.54) is 12.2 Å². The Morgan fingerprint density at radius 3 is 1.67 bits per heavy atom. The Bertz CT molecular complexity index is 352. The minimum Gasteiger partial charge on any atom is -0.289 e. The number of ketones is 2. The van der Waals surface area contributed by atoms with Gasteiger partial charge < -0.3 is 0 Å². The molecule has 0 heterocycles. The summed E-state index contributed by atoms with van der Waals surface area (Å²) in [6.07, 6.45) is 2.52. The Kier molecular flexibility index (Phi) is 1.40. The van der Waals surface area contributed by atoms with Gasteiger partial charge in [0.2, 0.25) is 0 Å². The molecule has 12 heavy (non-hydrogen) atoms. The summed E-state index contributed by atoms with van der Waals surface area (Å²) in [4.78, 5) is 22.3. The smallest absolute Gasteiger partial charge is 0.187 e. The van der Waals surface area contributed by atoms with Crippen LogP contribution in [0.3, 0.4) is 0 Å². The fraction of sp³-hybridized carbons (Fsp3) is 0. The van der Waals surface area contributed by atoms with Gasteiger partial charge >= 0.3 is 0 Å². The van der Waals surface area contributed by atoms with Gasteiger partial charge in [-0.05, 0) is 24.3 Å². The highest BCUT2D eigenvalue weighted by Gasteiger charge is 2.17. The molecule has 0 spiro atoms. The van der Waals surface area contributed by atoms with Gasteiger partial charge in [-0.1, -0.05) is 12.1 Å². The van der Waals surface area contributed by atoms with Crippen LogP contribution in [0.4, 0.5) is 0 Å². The zero-order chi connectivity index (χ0) is 8.55. The summed E-state index contributed by atoms with van der Waals surface area (Å²) in [6, 6.07) is 8.58. The minimum atomic E-state index is -0.179. The minimum absolute atomic E-state index is 0.179. The molecule has 1 aliphatic rings. The first kappa shape index (κ1) is 6.98. The van der Waals surface area contributed by atoms with E-state index in [0.717, 1.165) is 0 Å². The Labute approximate surface area is 69.5 Å². The Morgan fingerprint density at radius 1 is 0.833 bits per heavy atom. The van der Waals surface area contributed by atoms with Crippen molar-refractivity contribution in [3.63, 3.8) is 0 Å². The lowest BCUT2D eigenvalue weighted by Crippen LogP contribution is -2.11. The molecule has 0 amide bonds. The van der Waals surface area contributed by atoms with Crippen molar-refractivity contribution in [3.8, 4) is 0 Å². The van der Waals surface area contributed by atoms with Gasteiger partial charge in [-0.25, -0.2) is 0 Å². The largest absolute Gasteiger partial charge is 0.289 e. The standard InChI is InChI=1S/C10H4O2/c11-9-5-6-10(12)8-4-2-1-3-7(8)9/h1-2,5-6H. The summed E-state index contributed by atoms with van der Waals surface area (Å²) in [5.41, 5.74) is 0.648. The number of benzene rings is 1. The van der Waals surface area contributed by atoms with E-state index in [-0.39, 0.29) is 11.6 Å². The SMILES string of the molecule is O=C1C=CC(=O)c2[c]cc[c]c21. The molecule has 2 nitrogen and oxygen atoms in total. The molecule has 0 atom stereocenters. The summed E-state index contributed by atoms with van der Waals surface area (Å²) in [5, 5.41) is 0. The lowest BCUT2D eigenvalue weighted by molar-refractivity contribution is 0.0993. The Morgan fingerprint density at radius 2 is 1.25 bits per heavy atom. The molecule has 0 bridgehead atoms. The highest BCUT2D eigenvalue weighted by Crippen LogP contribution is 2.14. The van der Waals surface area contributed by atoms with Crippen molar-refractivity contribution in [1.82, 2.24) is 0 Å². The summed E-state index contributed by atoms with van der Waals surface area (Å²) < 4.78 is 0. The number of allylic oxidation sites excluding steroid dienone is 2. The molecule has 0 fully saturated rings. The molecule has 1 aromatic carbocycles.